The van der Waals surface area contributed by atoms with E-state index in [1.807, 2.05) is 28.6 Å². The molecule has 0 aromatic carbocycles. The summed E-state index contributed by atoms with van der Waals surface area (Å²) in [6.45, 7) is 4.45. The van der Waals surface area contributed by atoms with E-state index >= 15 is 0 Å². The second kappa shape index (κ2) is 7.55. The summed E-state index contributed by atoms with van der Waals surface area (Å²) in [4.78, 5) is 22.1. The first-order valence-corrected chi connectivity index (χ1v) is 10.8. The average molecular weight is 429 g/mol. The Morgan fingerprint density at radius 3 is 2.90 bits per heavy atom. The Kier molecular flexibility index (Phi) is 4.86. The number of anilines is 1. The fraction of sp³-hybridized carbons (Fsp3) is 0.500. The summed E-state index contributed by atoms with van der Waals surface area (Å²) in [5, 5.41) is 11.7. The number of carbonyl (C=O) groups is 1. The summed E-state index contributed by atoms with van der Waals surface area (Å²) in [7, 11) is 0. The van der Waals surface area contributed by atoms with Crippen molar-refractivity contribution in [2.75, 3.05) is 24.5 Å². The quantitative estimate of drug-likeness (QED) is 0.662. The molecule has 5 rings (SSSR count). The third-order valence-electron chi connectivity index (χ3n) is 6.06. The van der Waals surface area contributed by atoms with Crippen LogP contribution in [0.2, 0.25) is 5.02 Å². The molecule has 9 nitrogen and oxygen atoms in total. The molecule has 3 aromatic heterocycles. The maximum atomic E-state index is 13.1. The molecule has 2 aliphatic heterocycles. The number of aromatic amines is 1. The molecule has 3 N–H and O–H groups in total. The zero-order chi connectivity index (χ0) is 20.8. The molecule has 30 heavy (non-hydrogen) atoms. The molecule has 158 valence electrons. The van der Waals surface area contributed by atoms with Crippen LogP contribution in [0, 0.1) is 6.92 Å². The van der Waals surface area contributed by atoms with Crippen LogP contribution in [-0.4, -0.2) is 61.3 Å². The molecule has 0 saturated carbocycles. The van der Waals surface area contributed by atoms with Crippen molar-refractivity contribution in [2.45, 2.75) is 44.7 Å². The molecule has 2 atom stereocenters. The van der Waals surface area contributed by atoms with Crippen LogP contribution in [0.1, 0.15) is 53.5 Å². The summed E-state index contributed by atoms with van der Waals surface area (Å²) in [5.74, 6) is 0.817. The predicted octanol–water partition coefficient (Wildman–Crippen LogP) is 2.32. The number of aryl methyl sites for hydroxylation is 1. The molecule has 3 aromatic rings. The second-order valence-electron chi connectivity index (χ2n) is 8.22. The van der Waals surface area contributed by atoms with E-state index in [2.05, 4.69) is 15.1 Å². The predicted molar refractivity (Wildman–Crippen MR) is 114 cm³/mol. The minimum atomic E-state index is -0.143. The van der Waals surface area contributed by atoms with Crippen LogP contribution < -0.4 is 10.6 Å². The highest BCUT2D eigenvalue weighted by molar-refractivity contribution is 6.33. The summed E-state index contributed by atoms with van der Waals surface area (Å²) < 4.78 is 1.81. The molecule has 2 saturated heterocycles. The van der Waals surface area contributed by atoms with Gasteiger partial charge in [-0.1, -0.05) is 11.6 Å². The van der Waals surface area contributed by atoms with Crippen LogP contribution in [0.3, 0.4) is 0 Å². The number of amides is 1. The Balaban J connectivity index is 1.48. The molecular weight excluding hydrogens is 404 g/mol. The molecule has 10 heteroatoms. The van der Waals surface area contributed by atoms with Crippen molar-refractivity contribution in [1.29, 1.82) is 0 Å². The van der Waals surface area contributed by atoms with Crippen molar-refractivity contribution in [1.82, 2.24) is 29.7 Å². The third-order valence-corrected chi connectivity index (χ3v) is 6.35. The maximum Gasteiger partial charge on any atom is 0.273 e. The number of nitrogens with one attached hydrogen (secondary N) is 1. The summed E-state index contributed by atoms with van der Waals surface area (Å²) in [6, 6.07) is 2.07. The van der Waals surface area contributed by atoms with Gasteiger partial charge in [-0.15, -0.1) is 0 Å². The molecule has 1 amide bonds. The van der Waals surface area contributed by atoms with Crippen molar-refractivity contribution in [3.8, 4) is 0 Å². The van der Waals surface area contributed by atoms with E-state index in [0.717, 1.165) is 61.5 Å². The number of nitrogens with two attached hydrogens (primary N) is 1. The lowest BCUT2D eigenvalue weighted by molar-refractivity contribution is 0.0599. The number of likely N-dealkylation sites (tertiary alicyclic amines) is 1. The molecule has 5 heterocycles. The van der Waals surface area contributed by atoms with Gasteiger partial charge in [0.15, 0.2) is 5.65 Å². The van der Waals surface area contributed by atoms with E-state index in [0.29, 0.717) is 17.3 Å². The van der Waals surface area contributed by atoms with Gasteiger partial charge in [-0.25, -0.2) is 9.50 Å². The Labute approximate surface area is 179 Å². The highest BCUT2D eigenvalue weighted by Crippen LogP contribution is 2.33. The molecule has 2 aliphatic rings. The fourth-order valence-corrected chi connectivity index (χ4v) is 4.70. The monoisotopic (exact) mass is 428 g/mol. The number of nitrogens with zero attached hydrogens (tertiary/aromatic N) is 6. The molecule has 2 fully saturated rings. The van der Waals surface area contributed by atoms with E-state index in [1.54, 1.807) is 0 Å². The summed E-state index contributed by atoms with van der Waals surface area (Å²) in [5.41, 5.74) is 9.10. The number of aromatic nitrogens is 5. The molecule has 0 radical (unpaired) electrons. The molecule has 0 spiro atoms. The Morgan fingerprint density at radius 2 is 2.17 bits per heavy atom. The Hall–Kier alpha value is -2.65. The average Bonchev–Trinajstić information content (AvgIpc) is 3.46. The van der Waals surface area contributed by atoms with E-state index in [9.17, 15) is 4.79 Å². The molecule has 0 aliphatic carbocycles. The topological polar surface area (TPSA) is 108 Å². The van der Waals surface area contributed by atoms with Gasteiger partial charge in [-0.05, 0) is 32.6 Å². The van der Waals surface area contributed by atoms with Crippen molar-refractivity contribution < 1.29 is 4.79 Å². The van der Waals surface area contributed by atoms with E-state index in [1.165, 1.54) is 6.20 Å². The lowest BCUT2D eigenvalue weighted by Crippen LogP contribution is -2.39. The van der Waals surface area contributed by atoms with Gasteiger partial charge < -0.3 is 15.5 Å². The minimum absolute atomic E-state index is 0.115. The number of H-pyrrole nitrogens is 1. The first kappa shape index (κ1) is 19.3. The smallest absolute Gasteiger partial charge is 0.273 e. The zero-order valence-electron chi connectivity index (χ0n) is 16.9. The van der Waals surface area contributed by atoms with Crippen molar-refractivity contribution in [3.63, 3.8) is 0 Å². The van der Waals surface area contributed by atoms with E-state index < -0.39 is 0 Å². The number of rotatable bonds is 3. The van der Waals surface area contributed by atoms with Crippen LogP contribution in [0.25, 0.3) is 5.65 Å². The second-order valence-corrected chi connectivity index (χ2v) is 8.62. The van der Waals surface area contributed by atoms with Gasteiger partial charge in [0.1, 0.15) is 11.5 Å². The SMILES string of the molecule is Cc1cn2nc([C@@H]3CCCCN3C(=O)c3[nH]ncc3Cl)cc2nc1N1CC[C@H](N)C1. The largest absolute Gasteiger partial charge is 0.355 e. The zero-order valence-corrected chi connectivity index (χ0v) is 17.6. The normalized spacial score (nSPS) is 22.2. The maximum absolute atomic E-state index is 13.1. The van der Waals surface area contributed by atoms with E-state index in [-0.39, 0.29) is 18.0 Å². The number of piperidine rings is 1. The number of fused-ring (bicyclic) bond motifs is 1. The lowest BCUT2D eigenvalue weighted by Gasteiger charge is -2.34. The third kappa shape index (κ3) is 3.31. The lowest BCUT2D eigenvalue weighted by atomic mass is 9.99. The fourth-order valence-electron chi connectivity index (χ4n) is 4.53. The molecular formula is C20H25ClN8O. The van der Waals surface area contributed by atoms with Gasteiger partial charge in [-0.3, -0.25) is 9.89 Å². The number of carbonyl (C=O) groups excluding carboxylic acids is 1. The van der Waals surface area contributed by atoms with Gasteiger partial charge in [0.25, 0.3) is 5.91 Å². The summed E-state index contributed by atoms with van der Waals surface area (Å²) in [6.07, 6.45) is 7.30. The van der Waals surface area contributed by atoms with Gasteiger partial charge in [0, 0.05) is 43.5 Å². The summed E-state index contributed by atoms with van der Waals surface area (Å²) >= 11 is 6.13. The highest BCUT2D eigenvalue weighted by Gasteiger charge is 2.32. The van der Waals surface area contributed by atoms with Crippen molar-refractivity contribution >= 4 is 29.0 Å². The minimum Gasteiger partial charge on any atom is -0.355 e. The number of hydrogen-bond donors (Lipinski definition) is 2. The highest BCUT2D eigenvalue weighted by atomic mass is 35.5. The van der Waals surface area contributed by atoms with Gasteiger partial charge >= 0.3 is 0 Å². The number of hydrogen-bond acceptors (Lipinski definition) is 6. The first-order valence-electron chi connectivity index (χ1n) is 10.4. The van der Waals surface area contributed by atoms with Gasteiger partial charge in [0.05, 0.1) is 23.0 Å². The van der Waals surface area contributed by atoms with Crippen LogP contribution >= 0.6 is 11.6 Å². The number of halogens is 1. The molecule has 0 unspecified atom stereocenters. The Bertz CT molecular complexity index is 1090. The van der Waals surface area contributed by atoms with Gasteiger partial charge in [0.2, 0.25) is 0 Å². The standard InChI is InChI=1S/C20H25ClN8O/c1-12-10-29-17(24-19(12)27-7-5-13(22)11-27)8-15(26-29)16-4-2-3-6-28(16)20(30)18-14(21)9-23-25-18/h8-10,13,16H,2-7,11,22H2,1H3,(H,23,25)/t13-,16-/m0/s1. The van der Waals surface area contributed by atoms with Crippen LogP contribution in [0.4, 0.5) is 5.82 Å². The molecule has 0 bridgehead atoms. The first-order chi connectivity index (χ1) is 14.5. The van der Waals surface area contributed by atoms with Crippen LogP contribution in [0.15, 0.2) is 18.5 Å². The Morgan fingerprint density at radius 1 is 1.30 bits per heavy atom. The van der Waals surface area contributed by atoms with Gasteiger partial charge in [-0.2, -0.15) is 10.2 Å². The van der Waals surface area contributed by atoms with Crippen LogP contribution in [0.5, 0.6) is 0 Å². The van der Waals surface area contributed by atoms with E-state index in [4.69, 9.17) is 27.4 Å². The van der Waals surface area contributed by atoms with Crippen LogP contribution in [-0.2, 0) is 0 Å². The van der Waals surface area contributed by atoms with Crippen molar-refractivity contribution in [3.05, 3.63) is 40.4 Å². The van der Waals surface area contributed by atoms with Crippen molar-refractivity contribution in [2.24, 2.45) is 5.73 Å².